The minimum absolute atomic E-state index is 0.0560. The summed E-state index contributed by atoms with van der Waals surface area (Å²) in [6.07, 6.45) is 5.30. The zero-order valence-electron chi connectivity index (χ0n) is 15.1. The Hall–Kier alpha value is -2.41. The van der Waals surface area contributed by atoms with Crippen LogP contribution in [0.5, 0.6) is 0 Å². The molecular weight excluding hydrogens is 344 g/mol. The van der Waals surface area contributed by atoms with E-state index in [1.165, 1.54) is 5.06 Å². The number of carbonyl (C=O) groups excluding carboxylic acids is 1. The summed E-state index contributed by atoms with van der Waals surface area (Å²) in [6.45, 7) is 1.38. The average Bonchev–Trinajstić information content (AvgIpc) is 3.56. The topological polar surface area (TPSA) is 74.8 Å². The molecule has 2 saturated heterocycles. The normalized spacial score (nSPS) is 32.0. The van der Waals surface area contributed by atoms with Crippen LogP contribution in [-0.4, -0.2) is 39.3 Å². The fourth-order valence-electron chi connectivity index (χ4n) is 4.89. The maximum atomic E-state index is 13.0. The number of amides is 2. The van der Waals surface area contributed by atoms with Crippen molar-refractivity contribution >= 4 is 6.03 Å². The molecule has 0 radical (unpaired) electrons. The SMILES string of the molecule is O=C(N1C[C@@H]2CCC[C@]2(c2nnc(C3CC3)o2)C1)N1OC1c1ccccc1. The van der Waals surface area contributed by atoms with Gasteiger partial charge in [-0.1, -0.05) is 36.8 Å². The molecule has 3 atom stereocenters. The molecule has 0 spiro atoms. The molecule has 4 fully saturated rings. The van der Waals surface area contributed by atoms with E-state index in [2.05, 4.69) is 10.2 Å². The summed E-state index contributed by atoms with van der Waals surface area (Å²) in [5.41, 5.74) is 0.833. The van der Waals surface area contributed by atoms with Crippen molar-refractivity contribution in [3.05, 3.63) is 47.7 Å². The number of rotatable bonds is 3. The predicted molar refractivity (Wildman–Crippen MR) is 94.4 cm³/mol. The van der Waals surface area contributed by atoms with Crippen molar-refractivity contribution in [2.24, 2.45) is 5.92 Å². The molecule has 7 heteroatoms. The zero-order chi connectivity index (χ0) is 18.0. The molecule has 2 amide bonds. The Morgan fingerprint density at radius 3 is 2.81 bits per heavy atom. The van der Waals surface area contributed by atoms with Gasteiger partial charge in [-0.25, -0.2) is 9.63 Å². The Balaban J connectivity index is 1.21. The van der Waals surface area contributed by atoms with Crippen molar-refractivity contribution in [1.82, 2.24) is 20.2 Å². The molecule has 3 heterocycles. The van der Waals surface area contributed by atoms with E-state index >= 15 is 0 Å². The number of likely N-dealkylation sites (tertiary alicyclic amines) is 1. The molecule has 2 saturated carbocycles. The van der Waals surface area contributed by atoms with Crippen LogP contribution in [0.15, 0.2) is 34.7 Å². The minimum Gasteiger partial charge on any atom is -0.424 e. The fraction of sp³-hybridized carbons (Fsp3) is 0.550. The first kappa shape index (κ1) is 15.6. The number of benzene rings is 1. The Morgan fingerprint density at radius 2 is 2.00 bits per heavy atom. The molecule has 0 N–H and O–H groups in total. The van der Waals surface area contributed by atoms with Crippen LogP contribution in [0.2, 0.25) is 0 Å². The summed E-state index contributed by atoms with van der Waals surface area (Å²) >= 11 is 0. The number of urea groups is 1. The summed E-state index contributed by atoms with van der Waals surface area (Å²) in [7, 11) is 0. The van der Waals surface area contributed by atoms with Gasteiger partial charge in [0.25, 0.3) is 0 Å². The molecule has 2 aliphatic heterocycles. The highest BCUT2D eigenvalue weighted by atomic mass is 16.8. The largest absolute Gasteiger partial charge is 0.424 e. The first-order chi connectivity index (χ1) is 13.2. The summed E-state index contributed by atoms with van der Waals surface area (Å²) < 4.78 is 6.09. The highest BCUT2D eigenvalue weighted by Crippen LogP contribution is 2.52. The lowest BCUT2D eigenvalue weighted by molar-refractivity contribution is 0.142. The van der Waals surface area contributed by atoms with E-state index in [9.17, 15) is 4.79 Å². The first-order valence-corrected chi connectivity index (χ1v) is 9.88. The number of hydrogen-bond acceptors (Lipinski definition) is 5. The van der Waals surface area contributed by atoms with Crippen LogP contribution in [0, 0.1) is 5.92 Å². The predicted octanol–water partition coefficient (Wildman–Crippen LogP) is 3.37. The van der Waals surface area contributed by atoms with E-state index in [4.69, 9.17) is 9.25 Å². The Morgan fingerprint density at radius 1 is 1.15 bits per heavy atom. The monoisotopic (exact) mass is 366 g/mol. The van der Waals surface area contributed by atoms with Gasteiger partial charge in [0.2, 0.25) is 18.0 Å². The number of fused-ring (bicyclic) bond motifs is 1. The zero-order valence-corrected chi connectivity index (χ0v) is 15.1. The van der Waals surface area contributed by atoms with Gasteiger partial charge in [-0.15, -0.1) is 10.2 Å². The third-order valence-corrected chi connectivity index (χ3v) is 6.59. The van der Waals surface area contributed by atoms with Crippen LogP contribution in [0.4, 0.5) is 4.79 Å². The molecule has 2 aromatic rings. The molecule has 1 aromatic heterocycles. The number of hydroxylamine groups is 2. The van der Waals surface area contributed by atoms with Gasteiger partial charge >= 0.3 is 6.03 Å². The second-order valence-corrected chi connectivity index (χ2v) is 8.32. The Kier molecular flexibility index (Phi) is 3.21. The van der Waals surface area contributed by atoms with Gasteiger partial charge in [0.05, 0.1) is 5.41 Å². The van der Waals surface area contributed by atoms with E-state index < -0.39 is 0 Å². The Labute approximate surface area is 157 Å². The lowest BCUT2D eigenvalue weighted by Crippen LogP contribution is -2.37. The maximum absolute atomic E-state index is 13.0. The van der Waals surface area contributed by atoms with E-state index in [0.717, 1.165) is 56.0 Å². The van der Waals surface area contributed by atoms with Crippen molar-refractivity contribution in [2.75, 3.05) is 13.1 Å². The standard InChI is InChI=1S/C20H22N4O3/c25-19(24-17(27-24)14-5-2-1-3-6-14)23-11-15-7-4-10-20(15,12-23)18-22-21-16(26-18)13-8-9-13/h1-3,5-6,13,15,17H,4,7-12H2/t15-,17?,20-,24?/m0/s1. The van der Waals surface area contributed by atoms with Crippen LogP contribution >= 0.6 is 0 Å². The molecule has 6 rings (SSSR count). The number of nitrogens with zero attached hydrogens (tertiary/aromatic N) is 4. The molecular formula is C20H22N4O3. The quantitative estimate of drug-likeness (QED) is 0.779. The van der Waals surface area contributed by atoms with Gasteiger partial charge in [0.1, 0.15) is 0 Å². The molecule has 7 nitrogen and oxygen atoms in total. The lowest BCUT2D eigenvalue weighted by atomic mass is 9.80. The van der Waals surface area contributed by atoms with Gasteiger partial charge in [0, 0.05) is 24.6 Å². The van der Waals surface area contributed by atoms with Crippen molar-refractivity contribution in [2.45, 2.75) is 49.7 Å². The van der Waals surface area contributed by atoms with Gasteiger partial charge in [0.15, 0.2) is 0 Å². The van der Waals surface area contributed by atoms with E-state index in [1.54, 1.807) is 0 Å². The number of carbonyl (C=O) groups is 1. The van der Waals surface area contributed by atoms with E-state index in [0.29, 0.717) is 18.4 Å². The van der Waals surface area contributed by atoms with Gasteiger partial charge in [-0.2, -0.15) is 5.06 Å². The highest BCUT2D eigenvalue weighted by Gasteiger charge is 2.57. The lowest BCUT2D eigenvalue weighted by Gasteiger charge is -2.24. The van der Waals surface area contributed by atoms with Crippen molar-refractivity contribution in [3.63, 3.8) is 0 Å². The summed E-state index contributed by atoms with van der Waals surface area (Å²) in [5.74, 6) is 2.38. The smallest absolute Gasteiger partial charge is 0.346 e. The molecule has 2 aliphatic carbocycles. The molecule has 4 aliphatic rings. The Bertz CT molecular complexity index is 880. The van der Waals surface area contributed by atoms with Crippen LogP contribution in [0.3, 0.4) is 0 Å². The van der Waals surface area contributed by atoms with Crippen molar-refractivity contribution in [1.29, 1.82) is 0 Å². The highest BCUT2D eigenvalue weighted by molar-refractivity contribution is 5.76. The minimum atomic E-state index is -0.264. The third kappa shape index (κ3) is 2.41. The summed E-state index contributed by atoms with van der Waals surface area (Å²) in [4.78, 5) is 20.5. The number of hydrogen-bond donors (Lipinski definition) is 0. The van der Waals surface area contributed by atoms with Gasteiger partial charge in [-0.3, -0.25) is 0 Å². The van der Waals surface area contributed by atoms with Crippen LogP contribution in [0.1, 0.15) is 61.6 Å². The maximum Gasteiger partial charge on any atom is 0.346 e. The molecule has 27 heavy (non-hydrogen) atoms. The second-order valence-electron chi connectivity index (χ2n) is 8.32. The first-order valence-electron chi connectivity index (χ1n) is 9.88. The van der Waals surface area contributed by atoms with Crippen LogP contribution in [0.25, 0.3) is 0 Å². The van der Waals surface area contributed by atoms with Crippen molar-refractivity contribution in [3.8, 4) is 0 Å². The molecule has 1 unspecified atom stereocenters. The second kappa shape index (κ2) is 5.55. The van der Waals surface area contributed by atoms with Gasteiger partial charge < -0.3 is 9.32 Å². The van der Waals surface area contributed by atoms with Crippen LogP contribution < -0.4 is 0 Å². The number of aromatic nitrogens is 2. The summed E-state index contributed by atoms with van der Waals surface area (Å²) in [6, 6.07) is 9.79. The molecule has 0 bridgehead atoms. The van der Waals surface area contributed by atoms with Crippen LogP contribution in [-0.2, 0) is 10.3 Å². The van der Waals surface area contributed by atoms with E-state index in [-0.39, 0.29) is 17.7 Å². The summed E-state index contributed by atoms with van der Waals surface area (Å²) in [5, 5.41) is 10.2. The van der Waals surface area contributed by atoms with Gasteiger partial charge in [-0.05, 0) is 31.6 Å². The van der Waals surface area contributed by atoms with Crippen molar-refractivity contribution < 1.29 is 14.0 Å². The molecule has 140 valence electrons. The van der Waals surface area contributed by atoms with E-state index in [1.807, 2.05) is 35.2 Å². The molecule has 1 aromatic carbocycles. The average molecular weight is 366 g/mol. The third-order valence-electron chi connectivity index (χ3n) is 6.59. The fourth-order valence-corrected chi connectivity index (χ4v) is 4.89.